The van der Waals surface area contributed by atoms with E-state index in [9.17, 15) is 0 Å². The van der Waals surface area contributed by atoms with Crippen molar-refractivity contribution in [1.82, 2.24) is 4.90 Å². The van der Waals surface area contributed by atoms with Crippen LogP contribution in [0, 0.1) is 0 Å². The molecule has 2 aromatic carbocycles. The Labute approximate surface area is 147 Å². The summed E-state index contributed by atoms with van der Waals surface area (Å²) in [7, 11) is 6.09. The Bertz CT molecular complexity index is 791. The first-order valence-electron chi connectivity index (χ1n) is 6.99. The van der Waals surface area contributed by atoms with Crippen LogP contribution in [0.3, 0.4) is 0 Å². The molecule has 1 heterocycles. The molecule has 0 aliphatic rings. The zero-order valence-corrected chi connectivity index (χ0v) is 15.1. The molecule has 3 aromatic rings. The summed E-state index contributed by atoms with van der Waals surface area (Å²) in [5, 5.41) is 0. The lowest BCUT2D eigenvalue weighted by molar-refractivity contribution is -0.653. The Kier molecular flexibility index (Phi) is 5.24. The van der Waals surface area contributed by atoms with Crippen LogP contribution in [0.15, 0.2) is 59.0 Å². The normalized spacial score (nSPS) is 11.3. The van der Waals surface area contributed by atoms with Gasteiger partial charge < -0.3 is 33.3 Å². The highest BCUT2D eigenvalue weighted by Gasteiger charge is 2.24. The molecule has 4 heteroatoms. The van der Waals surface area contributed by atoms with Crippen molar-refractivity contribution in [2.45, 2.75) is 0 Å². The van der Waals surface area contributed by atoms with Crippen LogP contribution in [0.25, 0.3) is 22.9 Å². The van der Waals surface area contributed by atoms with Gasteiger partial charge in [-0.3, -0.25) is 0 Å². The number of oxazole rings is 1. The molecule has 0 radical (unpaired) electrons. The molecule has 22 heavy (non-hydrogen) atoms. The van der Waals surface area contributed by atoms with Crippen molar-refractivity contribution in [3.63, 3.8) is 0 Å². The summed E-state index contributed by atoms with van der Waals surface area (Å²) in [5.74, 6) is 0.852. The average Bonchev–Trinajstić information content (AvgIpc) is 2.83. The highest BCUT2D eigenvalue weighted by atomic mass is 127. The fourth-order valence-corrected chi connectivity index (χ4v) is 2.42. The minimum absolute atomic E-state index is 0. The molecule has 0 bridgehead atoms. The van der Waals surface area contributed by atoms with E-state index in [1.807, 2.05) is 57.5 Å². The molecule has 3 rings (SSSR count). The zero-order chi connectivity index (χ0) is 14.8. The monoisotopic (exact) mass is 406 g/mol. The van der Waals surface area contributed by atoms with E-state index in [1.165, 1.54) is 0 Å². The van der Waals surface area contributed by atoms with Gasteiger partial charge in [-0.25, -0.2) is 0 Å². The van der Waals surface area contributed by atoms with Crippen LogP contribution < -0.4 is 28.5 Å². The topological polar surface area (TPSA) is 20.3 Å². The van der Waals surface area contributed by atoms with Gasteiger partial charge in [0, 0.05) is 20.2 Å². The van der Waals surface area contributed by atoms with E-state index in [4.69, 9.17) is 4.42 Å². The van der Waals surface area contributed by atoms with Crippen LogP contribution in [-0.2, 0) is 7.05 Å². The lowest BCUT2D eigenvalue weighted by Gasteiger charge is -2.12. The van der Waals surface area contributed by atoms with Gasteiger partial charge in [0.1, 0.15) is 7.05 Å². The summed E-state index contributed by atoms with van der Waals surface area (Å²) in [5.41, 5.74) is 4.19. The van der Waals surface area contributed by atoms with Gasteiger partial charge in [0.25, 0.3) is 5.52 Å². The fourth-order valence-electron chi connectivity index (χ4n) is 2.42. The Balaban J connectivity index is 0.00000176. The number of nitrogens with zero attached hydrogens (tertiary/aromatic N) is 2. The van der Waals surface area contributed by atoms with Crippen molar-refractivity contribution in [1.29, 1.82) is 0 Å². The van der Waals surface area contributed by atoms with Gasteiger partial charge >= 0.3 is 5.89 Å². The minimum Gasteiger partial charge on any atom is -1.00 e. The van der Waals surface area contributed by atoms with E-state index in [0.717, 1.165) is 28.3 Å². The predicted molar refractivity (Wildman–Crippen MR) is 85.4 cm³/mol. The highest BCUT2D eigenvalue weighted by Crippen LogP contribution is 2.22. The maximum absolute atomic E-state index is 6.05. The second kappa shape index (κ2) is 6.96. The summed E-state index contributed by atoms with van der Waals surface area (Å²) in [6.45, 7) is 0. The Hall–Kier alpha value is -1.82. The molecule has 0 saturated heterocycles. The number of aromatic nitrogens is 1. The maximum Gasteiger partial charge on any atom is 0.398 e. The highest BCUT2D eigenvalue weighted by molar-refractivity contribution is 5.78. The van der Waals surface area contributed by atoms with Gasteiger partial charge in [-0.2, -0.15) is 4.57 Å². The molecular formula is C18H19IN2O. The van der Waals surface area contributed by atoms with E-state index in [1.54, 1.807) is 0 Å². The summed E-state index contributed by atoms with van der Waals surface area (Å²) in [4.78, 5) is 2.07. The molecule has 0 N–H and O–H groups in total. The molecule has 0 amide bonds. The molecule has 0 aliphatic carbocycles. The first-order valence-corrected chi connectivity index (χ1v) is 6.99. The molecule has 0 atom stereocenters. The second-order valence-electron chi connectivity index (χ2n) is 5.27. The van der Waals surface area contributed by atoms with E-state index < -0.39 is 0 Å². The molecular weight excluding hydrogens is 387 g/mol. The van der Waals surface area contributed by atoms with Gasteiger partial charge in [0.15, 0.2) is 5.70 Å². The Morgan fingerprint density at radius 1 is 1.00 bits per heavy atom. The maximum atomic E-state index is 6.05. The number of aryl methyl sites for hydroxylation is 1. The molecule has 0 aliphatic heterocycles. The minimum atomic E-state index is 0. The van der Waals surface area contributed by atoms with Crippen molar-refractivity contribution < 1.29 is 33.0 Å². The smallest absolute Gasteiger partial charge is 0.398 e. The van der Waals surface area contributed by atoms with Crippen LogP contribution in [0.4, 0.5) is 0 Å². The molecule has 1 aromatic heterocycles. The summed E-state index contributed by atoms with van der Waals surface area (Å²) in [6.07, 6.45) is 2.14. The number of halogens is 1. The largest absolute Gasteiger partial charge is 1.00 e. The fraction of sp³-hybridized carbons (Fsp3) is 0.167. The third-order valence-corrected chi connectivity index (χ3v) is 3.54. The number of hydrogen-bond acceptors (Lipinski definition) is 2. The SMILES string of the molecule is CN(C)C(=Cc1ccccc1)c1oc2ccccc2[n+]1C.[I-]. The molecule has 114 valence electrons. The third kappa shape index (κ3) is 3.16. The first kappa shape index (κ1) is 16.5. The lowest BCUT2D eigenvalue weighted by Crippen LogP contribution is -3.00. The number of para-hydroxylation sites is 2. The third-order valence-electron chi connectivity index (χ3n) is 3.54. The standard InChI is InChI=1S/C18H19N2O.HI/c1-19(2)16(13-14-9-5-4-6-10-14)18-20(3)15-11-7-8-12-17(15)21-18;/h4-13H,1-3H3;1H/q+1;/p-1. The van der Waals surface area contributed by atoms with Crippen molar-refractivity contribution in [2.75, 3.05) is 14.1 Å². The molecule has 3 nitrogen and oxygen atoms in total. The van der Waals surface area contributed by atoms with Crippen LogP contribution in [0.1, 0.15) is 11.5 Å². The van der Waals surface area contributed by atoms with Crippen molar-refractivity contribution in [3.8, 4) is 0 Å². The van der Waals surface area contributed by atoms with Gasteiger partial charge in [-0.05, 0) is 17.7 Å². The van der Waals surface area contributed by atoms with Crippen molar-refractivity contribution in [3.05, 3.63) is 66.1 Å². The summed E-state index contributed by atoms with van der Waals surface area (Å²) < 4.78 is 8.13. The summed E-state index contributed by atoms with van der Waals surface area (Å²) >= 11 is 0. The number of benzene rings is 2. The second-order valence-corrected chi connectivity index (χ2v) is 5.27. The first-order chi connectivity index (χ1) is 10.2. The van der Waals surface area contributed by atoms with Gasteiger partial charge in [-0.15, -0.1) is 0 Å². The number of fused-ring (bicyclic) bond motifs is 1. The van der Waals surface area contributed by atoms with E-state index in [-0.39, 0.29) is 24.0 Å². The van der Waals surface area contributed by atoms with Crippen molar-refractivity contribution >= 4 is 22.9 Å². The Morgan fingerprint density at radius 3 is 2.27 bits per heavy atom. The molecule has 0 unspecified atom stereocenters. The van der Waals surface area contributed by atoms with Crippen LogP contribution in [0.2, 0.25) is 0 Å². The summed E-state index contributed by atoms with van der Waals surface area (Å²) in [6, 6.07) is 18.4. The Morgan fingerprint density at radius 2 is 1.64 bits per heavy atom. The zero-order valence-electron chi connectivity index (χ0n) is 13.0. The van der Waals surface area contributed by atoms with Crippen LogP contribution >= 0.6 is 0 Å². The molecule has 0 fully saturated rings. The van der Waals surface area contributed by atoms with E-state index in [0.29, 0.717) is 0 Å². The predicted octanol–water partition coefficient (Wildman–Crippen LogP) is 0.321. The average molecular weight is 406 g/mol. The lowest BCUT2D eigenvalue weighted by atomic mass is 10.2. The van der Waals surface area contributed by atoms with Gasteiger partial charge in [0.2, 0.25) is 5.58 Å². The van der Waals surface area contributed by atoms with Gasteiger partial charge in [-0.1, -0.05) is 42.5 Å². The van der Waals surface area contributed by atoms with E-state index in [2.05, 4.69) is 33.7 Å². The van der Waals surface area contributed by atoms with Crippen molar-refractivity contribution in [2.24, 2.45) is 7.05 Å². The van der Waals surface area contributed by atoms with Gasteiger partial charge in [0.05, 0.1) is 0 Å². The number of rotatable bonds is 3. The van der Waals surface area contributed by atoms with Crippen LogP contribution in [-0.4, -0.2) is 19.0 Å². The van der Waals surface area contributed by atoms with E-state index >= 15 is 0 Å². The molecule has 0 spiro atoms. The van der Waals surface area contributed by atoms with Crippen LogP contribution in [0.5, 0.6) is 0 Å². The number of hydrogen-bond donors (Lipinski definition) is 0. The molecule has 0 saturated carbocycles. The quantitative estimate of drug-likeness (QED) is 0.462.